The first-order valence-electron chi connectivity index (χ1n) is 5.47. The average molecular weight is 346 g/mol. The molecule has 0 bridgehead atoms. The fraction of sp³-hybridized carbons (Fsp3) is 0.0909. The van der Waals surface area contributed by atoms with Crippen LogP contribution in [-0.4, -0.2) is 27.4 Å². The van der Waals surface area contributed by atoms with Crippen LogP contribution in [0.25, 0.3) is 0 Å². The van der Waals surface area contributed by atoms with E-state index in [1.54, 1.807) is 17.5 Å². The number of carbonyl (C=O) groups is 2. The average Bonchev–Trinajstić information content (AvgIpc) is 3.14. The van der Waals surface area contributed by atoms with Gasteiger partial charge >= 0.3 is 5.97 Å². The zero-order chi connectivity index (χ0) is 15.5. The van der Waals surface area contributed by atoms with E-state index in [2.05, 4.69) is 10.2 Å². The third kappa shape index (κ3) is 3.47. The number of sulfonamides is 1. The number of ether oxygens (including phenoxy) is 1. The van der Waals surface area contributed by atoms with Gasteiger partial charge in [-0.15, -0.1) is 27.5 Å². The lowest BCUT2D eigenvalue weighted by molar-refractivity contribution is 0.0602. The van der Waals surface area contributed by atoms with Gasteiger partial charge in [0, 0.05) is 0 Å². The molecule has 0 aliphatic rings. The van der Waals surface area contributed by atoms with Crippen LogP contribution in [0.5, 0.6) is 0 Å². The maximum Gasteiger partial charge on any atom is 0.349 e. The lowest BCUT2D eigenvalue weighted by atomic mass is 10.5. The summed E-state index contributed by atoms with van der Waals surface area (Å²) in [7, 11) is -2.90. The minimum absolute atomic E-state index is 0.0598. The number of hydrazine groups is 1. The standard InChI is InChI=1S/C11H10N2O5S3/c1-18-11(15)9-8(4-6-20-9)21(16,17)13-12-10(14)7-3-2-5-19-7/h2-6,13H,1H3,(H,12,14). The van der Waals surface area contributed by atoms with Crippen molar-refractivity contribution in [3.8, 4) is 0 Å². The van der Waals surface area contributed by atoms with E-state index in [4.69, 9.17) is 0 Å². The molecule has 21 heavy (non-hydrogen) atoms. The van der Waals surface area contributed by atoms with Crippen LogP contribution in [0.2, 0.25) is 0 Å². The summed E-state index contributed by atoms with van der Waals surface area (Å²) in [6.45, 7) is 0. The lowest BCUT2D eigenvalue weighted by Crippen LogP contribution is -2.41. The Bertz CT molecular complexity index is 749. The van der Waals surface area contributed by atoms with Gasteiger partial charge in [0.2, 0.25) is 0 Å². The zero-order valence-corrected chi connectivity index (χ0v) is 13.1. The van der Waals surface area contributed by atoms with Gasteiger partial charge < -0.3 is 4.74 Å². The van der Waals surface area contributed by atoms with Crippen LogP contribution in [0.15, 0.2) is 33.9 Å². The van der Waals surface area contributed by atoms with Crippen LogP contribution < -0.4 is 10.3 Å². The van der Waals surface area contributed by atoms with Crippen molar-refractivity contribution in [2.24, 2.45) is 0 Å². The molecule has 2 N–H and O–H groups in total. The van der Waals surface area contributed by atoms with E-state index < -0.39 is 21.9 Å². The first-order chi connectivity index (χ1) is 9.95. The quantitative estimate of drug-likeness (QED) is 0.626. The SMILES string of the molecule is COC(=O)c1sccc1S(=O)(=O)NNC(=O)c1cccs1. The summed E-state index contributed by atoms with van der Waals surface area (Å²) in [4.78, 5) is 25.2. The van der Waals surface area contributed by atoms with Crippen molar-refractivity contribution < 1.29 is 22.7 Å². The first kappa shape index (κ1) is 15.6. The molecule has 2 rings (SSSR count). The number of hydrogen-bond acceptors (Lipinski definition) is 7. The molecule has 112 valence electrons. The number of amides is 1. The third-order valence-corrected chi connectivity index (χ3v) is 5.52. The Kier molecular flexibility index (Phi) is 4.73. The molecule has 0 saturated heterocycles. The van der Waals surface area contributed by atoms with E-state index in [-0.39, 0.29) is 9.77 Å². The first-order valence-corrected chi connectivity index (χ1v) is 8.71. The Balaban J connectivity index is 2.14. The molecule has 0 unspecified atom stereocenters. The van der Waals surface area contributed by atoms with E-state index in [1.807, 2.05) is 4.83 Å². The van der Waals surface area contributed by atoms with Gasteiger partial charge in [0.05, 0.1) is 12.0 Å². The molecular weight excluding hydrogens is 336 g/mol. The van der Waals surface area contributed by atoms with Gasteiger partial charge in [0.1, 0.15) is 9.77 Å². The molecule has 2 aromatic rings. The van der Waals surface area contributed by atoms with E-state index in [1.165, 1.54) is 22.8 Å². The van der Waals surface area contributed by atoms with E-state index in [0.29, 0.717) is 4.88 Å². The predicted molar refractivity (Wildman–Crippen MR) is 77.8 cm³/mol. The molecule has 10 heteroatoms. The zero-order valence-electron chi connectivity index (χ0n) is 10.7. The summed E-state index contributed by atoms with van der Waals surface area (Å²) in [6.07, 6.45) is 0. The highest BCUT2D eigenvalue weighted by Gasteiger charge is 2.25. The van der Waals surface area contributed by atoms with Gasteiger partial charge in [0.25, 0.3) is 15.9 Å². The van der Waals surface area contributed by atoms with Crippen LogP contribution in [0.4, 0.5) is 0 Å². The molecule has 0 aliphatic carbocycles. The lowest BCUT2D eigenvalue weighted by Gasteiger charge is -2.07. The fourth-order valence-electron chi connectivity index (χ4n) is 1.39. The molecule has 2 heterocycles. The molecular formula is C11H10N2O5S3. The van der Waals surface area contributed by atoms with Crippen LogP contribution >= 0.6 is 22.7 Å². The van der Waals surface area contributed by atoms with Gasteiger partial charge in [0.15, 0.2) is 0 Å². The number of esters is 1. The minimum atomic E-state index is -4.06. The molecule has 0 aliphatic heterocycles. The smallest absolute Gasteiger partial charge is 0.349 e. The summed E-state index contributed by atoms with van der Waals surface area (Å²) in [5, 5.41) is 3.14. The topological polar surface area (TPSA) is 102 Å². The van der Waals surface area contributed by atoms with Crippen molar-refractivity contribution >= 4 is 44.6 Å². The van der Waals surface area contributed by atoms with E-state index >= 15 is 0 Å². The molecule has 0 atom stereocenters. The van der Waals surface area contributed by atoms with E-state index in [9.17, 15) is 18.0 Å². The van der Waals surface area contributed by atoms with Crippen molar-refractivity contribution in [2.75, 3.05) is 7.11 Å². The number of hydrogen-bond donors (Lipinski definition) is 2. The number of thiophene rings is 2. The number of rotatable bonds is 5. The second-order valence-corrected chi connectivity index (χ2v) is 7.16. The van der Waals surface area contributed by atoms with E-state index in [0.717, 1.165) is 18.4 Å². The number of methoxy groups -OCH3 is 1. The van der Waals surface area contributed by atoms with Crippen LogP contribution in [-0.2, 0) is 14.8 Å². The largest absolute Gasteiger partial charge is 0.465 e. The Morgan fingerprint density at radius 1 is 1.19 bits per heavy atom. The summed E-state index contributed by atoms with van der Waals surface area (Å²) in [5.41, 5.74) is 2.08. The van der Waals surface area contributed by atoms with Crippen molar-refractivity contribution in [3.63, 3.8) is 0 Å². The van der Waals surface area contributed by atoms with Gasteiger partial charge in [-0.25, -0.2) is 13.2 Å². The third-order valence-electron chi connectivity index (χ3n) is 2.33. The predicted octanol–water partition coefficient (Wildman–Crippen LogP) is 1.22. The van der Waals surface area contributed by atoms with Crippen molar-refractivity contribution in [1.82, 2.24) is 10.3 Å². The molecule has 0 saturated carbocycles. The summed E-state index contributed by atoms with van der Waals surface area (Å²) < 4.78 is 28.7. The summed E-state index contributed by atoms with van der Waals surface area (Å²) in [5.74, 6) is -1.33. The second kappa shape index (κ2) is 6.35. The Labute approximate surface area is 128 Å². The fourth-order valence-corrected chi connectivity index (χ4v) is 4.18. The molecule has 0 fully saturated rings. The summed E-state index contributed by atoms with van der Waals surface area (Å²) in [6, 6.07) is 4.48. The minimum Gasteiger partial charge on any atom is -0.465 e. The van der Waals surface area contributed by atoms with Gasteiger partial charge in [-0.2, -0.15) is 0 Å². The highest BCUT2D eigenvalue weighted by atomic mass is 32.2. The number of carbonyl (C=O) groups excluding carboxylic acids is 2. The highest BCUT2D eigenvalue weighted by molar-refractivity contribution is 7.89. The maximum atomic E-state index is 12.1. The van der Waals surface area contributed by atoms with Crippen LogP contribution in [0.1, 0.15) is 19.3 Å². The highest BCUT2D eigenvalue weighted by Crippen LogP contribution is 2.22. The van der Waals surface area contributed by atoms with Gasteiger partial charge in [-0.05, 0) is 22.9 Å². The Morgan fingerprint density at radius 3 is 2.57 bits per heavy atom. The molecule has 0 spiro atoms. The van der Waals surface area contributed by atoms with Gasteiger partial charge in [-0.3, -0.25) is 10.2 Å². The molecule has 2 aromatic heterocycles. The number of nitrogens with one attached hydrogen (secondary N) is 2. The van der Waals surface area contributed by atoms with Crippen LogP contribution in [0, 0.1) is 0 Å². The van der Waals surface area contributed by atoms with Crippen molar-refractivity contribution in [2.45, 2.75) is 4.90 Å². The second-order valence-electron chi connectivity index (χ2n) is 3.64. The molecule has 7 nitrogen and oxygen atoms in total. The summed E-state index contributed by atoms with van der Waals surface area (Å²) >= 11 is 2.11. The normalized spacial score (nSPS) is 11.1. The van der Waals surface area contributed by atoms with Gasteiger partial charge in [-0.1, -0.05) is 6.07 Å². The molecule has 0 radical (unpaired) electrons. The van der Waals surface area contributed by atoms with Crippen LogP contribution in [0.3, 0.4) is 0 Å². The monoisotopic (exact) mass is 346 g/mol. The van der Waals surface area contributed by atoms with Crippen molar-refractivity contribution in [1.29, 1.82) is 0 Å². The molecule has 1 amide bonds. The maximum absolute atomic E-state index is 12.1. The molecule has 0 aromatic carbocycles. The Hall–Kier alpha value is -1.75. The Morgan fingerprint density at radius 2 is 1.95 bits per heavy atom. The van der Waals surface area contributed by atoms with Crippen molar-refractivity contribution in [3.05, 3.63) is 38.7 Å².